The maximum atomic E-state index is 13.4. The summed E-state index contributed by atoms with van der Waals surface area (Å²) in [6.07, 6.45) is 1.06. The van der Waals surface area contributed by atoms with Gasteiger partial charge in [-0.15, -0.1) is 0 Å². The van der Waals surface area contributed by atoms with Crippen LogP contribution in [0.25, 0.3) is 11.3 Å². The van der Waals surface area contributed by atoms with Crippen molar-refractivity contribution in [2.45, 2.75) is 13.8 Å². The second kappa shape index (κ2) is 14.3. The van der Waals surface area contributed by atoms with Gasteiger partial charge in [0, 0.05) is 30.4 Å². The van der Waals surface area contributed by atoms with Gasteiger partial charge in [-0.05, 0) is 63.8 Å². The van der Waals surface area contributed by atoms with Crippen LogP contribution in [0.3, 0.4) is 0 Å². The molecule has 12 heteroatoms. The summed E-state index contributed by atoms with van der Waals surface area (Å²) in [7, 11) is 0.0273. The number of hydrogen-bond donors (Lipinski definition) is 3. The van der Waals surface area contributed by atoms with E-state index in [0.717, 1.165) is 16.1 Å². The third-order valence-electron chi connectivity index (χ3n) is 6.73. The van der Waals surface area contributed by atoms with Gasteiger partial charge in [0.1, 0.15) is 6.54 Å². The van der Waals surface area contributed by atoms with Gasteiger partial charge in [0.05, 0.1) is 42.1 Å². The number of rotatable bonds is 14. The predicted molar refractivity (Wildman–Crippen MR) is 174 cm³/mol. The average molecular weight is 622 g/mol. The number of fused-ring (bicyclic) bond motifs is 1. The third kappa shape index (κ3) is 7.88. The summed E-state index contributed by atoms with van der Waals surface area (Å²) in [6.45, 7) is 5.32. The number of anilines is 3. The molecule has 1 aliphatic rings. The Kier molecular flexibility index (Phi) is 10.5. The van der Waals surface area contributed by atoms with Crippen LogP contribution < -0.4 is 29.7 Å². The van der Waals surface area contributed by atoms with Gasteiger partial charge in [0.15, 0.2) is 11.5 Å². The van der Waals surface area contributed by atoms with E-state index in [-0.39, 0.29) is 12.5 Å². The second-order valence-electron chi connectivity index (χ2n) is 10.4. The quantitative estimate of drug-likeness (QED) is 0.232. The first kappa shape index (κ1) is 32.4. The number of sulfonamides is 1. The number of carbonyl (C=O) groups is 2. The molecular formula is C32H39N5O6S. The van der Waals surface area contributed by atoms with Crippen LogP contribution in [0.2, 0.25) is 0 Å². The van der Waals surface area contributed by atoms with Crippen LogP contribution >= 0.6 is 0 Å². The summed E-state index contributed by atoms with van der Waals surface area (Å²) < 4.78 is 37.9. The first-order valence-electron chi connectivity index (χ1n) is 14.3. The van der Waals surface area contributed by atoms with Crippen molar-refractivity contribution in [1.82, 2.24) is 10.2 Å². The van der Waals surface area contributed by atoms with Crippen LogP contribution in [-0.2, 0) is 19.6 Å². The monoisotopic (exact) mass is 621 g/mol. The fraction of sp³-hybridized carbons (Fsp3) is 0.312. The predicted octanol–water partition coefficient (Wildman–Crippen LogP) is 3.86. The molecule has 234 valence electrons. The molecule has 0 saturated heterocycles. The minimum absolute atomic E-state index is 0.289. The van der Waals surface area contributed by atoms with Gasteiger partial charge in [-0.25, -0.2) is 8.42 Å². The van der Waals surface area contributed by atoms with Crippen molar-refractivity contribution in [3.05, 3.63) is 77.9 Å². The Morgan fingerprint density at radius 3 is 2.16 bits per heavy atom. The van der Waals surface area contributed by atoms with Gasteiger partial charge in [0.25, 0.3) is 5.91 Å². The molecule has 3 aromatic carbocycles. The summed E-state index contributed by atoms with van der Waals surface area (Å²) in [5, 5.41) is 9.07. The molecule has 0 aromatic heterocycles. The van der Waals surface area contributed by atoms with Crippen LogP contribution in [0.1, 0.15) is 25.0 Å². The van der Waals surface area contributed by atoms with Crippen LogP contribution in [0.4, 0.5) is 17.1 Å². The van der Waals surface area contributed by atoms with Gasteiger partial charge < -0.3 is 30.3 Å². The van der Waals surface area contributed by atoms with Crippen molar-refractivity contribution in [2.24, 2.45) is 0 Å². The van der Waals surface area contributed by atoms with E-state index < -0.39 is 15.9 Å². The molecule has 0 fully saturated rings. The van der Waals surface area contributed by atoms with E-state index in [1.165, 1.54) is 0 Å². The summed E-state index contributed by atoms with van der Waals surface area (Å²) in [5.41, 5.74) is 3.97. The van der Waals surface area contributed by atoms with Crippen molar-refractivity contribution in [3.63, 3.8) is 0 Å². The number of benzene rings is 3. The van der Waals surface area contributed by atoms with E-state index in [1.807, 2.05) is 63.2 Å². The largest absolute Gasteiger partial charge is 0.490 e. The van der Waals surface area contributed by atoms with Crippen molar-refractivity contribution in [3.8, 4) is 11.5 Å². The topological polar surface area (TPSA) is 129 Å². The lowest BCUT2D eigenvalue weighted by Gasteiger charge is -2.23. The Bertz CT molecular complexity index is 1620. The highest BCUT2D eigenvalue weighted by Crippen LogP contribution is 2.43. The molecule has 0 bridgehead atoms. The van der Waals surface area contributed by atoms with Crippen LogP contribution in [0.5, 0.6) is 11.5 Å². The molecule has 0 radical (unpaired) electrons. The van der Waals surface area contributed by atoms with Crippen molar-refractivity contribution >= 4 is 50.2 Å². The third-order valence-corrected chi connectivity index (χ3v) is 7.87. The zero-order valence-electron chi connectivity index (χ0n) is 25.6. The SMILES string of the molecule is CCOc1cc2c(cc1OCC)C(=C(Nc1ccc(N(CC(=O)NCCN(C)C)S(C)(=O)=O)cc1)c1ccccc1)C(=O)N2. The molecule has 0 atom stereocenters. The number of amides is 2. The van der Waals surface area contributed by atoms with Gasteiger partial charge >= 0.3 is 0 Å². The minimum atomic E-state index is -3.75. The van der Waals surface area contributed by atoms with Gasteiger partial charge in [-0.3, -0.25) is 13.9 Å². The van der Waals surface area contributed by atoms with Crippen molar-refractivity contribution in [1.29, 1.82) is 0 Å². The summed E-state index contributed by atoms with van der Waals surface area (Å²) >= 11 is 0. The zero-order valence-corrected chi connectivity index (χ0v) is 26.5. The molecule has 1 aliphatic heterocycles. The lowest BCUT2D eigenvalue weighted by atomic mass is 9.99. The molecule has 2 amide bonds. The fourth-order valence-electron chi connectivity index (χ4n) is 4.71. The molecule has 11 nitrogen and oxygen atoms in total. The smallest absolute Gasteiger partial charge is 0.258 e. The Balaban J connectivity index is 1.69. The number of nitrogens with zero attached hydrogens (tertiary/aromatic N) is 2. The molecule has 0 unspecified atom stereocenters. The number of ether oxygens (including phenoxy) is 2. The van der Waals surface area contributed by atoms with Gasteiger partial charge in [-0.1, -0.05) is 30.3 Å². The highest BCUT2D eigenvalue weighted by Gasteiger charge is 2.31. The highest BCUT2D eigenvalue weighted by atomic mass is 32.2. The number of likely N-dealkylation sites (N-methyl/N-ethyl adjacent to an activating group) is 1. The highest BCUT2D eigenvalue weighted by molar-refractivity contribution is 7.92. The molecule has 0 aliphatic carbocycles. The molecule has 0 spiro atoms. The molecular weight excluding hydrogens is 582 g/mol. The van der Waals surface area contributed by atoms with E-state index in [0.29, 0.717) is 71.7 Å². The van der Waals surface area contributed by atoms with E-state index in [1.54, 1.807) is 36.4 Å². The normalized spacial score (nSPS) is 13.6. The van der Waals surface area contributed by atoms with Crippen molar-refractivity contribution in [2.75, 3.05) is 68.1 Å². The average Bonchev–Trinajstić information content (AvgIpc) is 3.29. The molecule has 1 heterocycles. The van der Waals surface area contributed by atoms with E-state index in [9.17, 15) is 18.0 Å². The van der Waals surface area contributed by atoms with Crippen molar-refractivity contribution < 1.29 is 27.5 Å². The van der Waals surface area contributed by atoms with E-state index in [4.69, 9.17) is 9.47 Å². The Labute approximate surface area is 258 Å². The van der Waals surface area contributed by atoms with Crippen LogP contribution in [0, 0.1) is 0 Å². The van der Waals surface area contributed by atoms with Gasteiger partial charge in [-0.2, -0.15) is 0 Å². The maximum Gasteiger partial charge on any atom is 0.258 e. The molecule has 4 rings (SSSR count). The Hall–Kier alpha value is -4.55. The molecule has 3 N–H and O–H groups in total. The first-order valence-corrected chi connectivity index (χ1v) is 16.2. The molecule has 3 aromatic rings. The second-order valence-corrected chi connectivity index (χ2v) is 12.3. The van der Waals surface area contributed by atoms with E-state index in [2.05, 4.69) is 16.0 Å². The Morgan fingerprint density at radius 1 is 0.932 bits per heavy atom. The lowest BCUT2D eigenvalue weighted by Crippen LogP contribution is -2.42. The maximum absolute atomic E-state index is 13.4. The number of hydrogen-bond acceptors (Lipinski definition) is 8. The Morgan fingerprint density at radius 2 is 1.57 bits per heavy atom. The lowest BCUT2D eigenvalue weighted by molar-refractivity contribution is -0.119. The summed E-state index contributed by atoms with van der Waals surface area (Å²) in [6, 6.07) is 19.7. The molecule has 0 saturated carbocycles. The standard InChI is InChI=1S/C32H39N5O6S/c1-6-42-27-19-25-26(20-28(27)43-7-2)35-32(39)30(25)31(22-11-9-8-10-12-22)34-23-13-15-24(16-14-23)37(44(5,40)41)21-29(38)33-17-18-36(3)4/h8-16,19-20,34H,6-7,17-18,21H2,1-5H3,(H,33,38)(H,35,39). The van der Waals surface area contributed by atoms with Crippen LogP contribution in [-0.4, -0.2) is 78.3 Å². The fourth-order valence-corrected chi connectivity index (χ4v) is 5.56. The van der Waals surface area contributed by atoms with E-state index >= 15 is 0 Å². The summed E-state index contributed by atoms with van der Waals surface area (Å²) in [5.74, 6) is 0.384. The van der Waals surface area contributed by atoms with Gasteiger partial charge in [0.2, 0.25) is 15.9 Å². The zero-order chi connectivity index (χ0) is 31.9. The van der Waals surface area contributed by atoms with Crippen LogP contribution in [0.15, 0.2) is 66.7 Å². The number of carbonyl (C=O) groups excluding carboxylic acids is 2. The number of nitrogens with one attached hydrogen (secondary N) is 3. The molecule has 44 heavy (non-hydrogen) atoms. The summed E-state index contributed by atoms with van der Waals surface area (Å²) in [4.78, 5) is 27.9. The minimum Gasteiger partial charge on any atom is -0.490 e. The first-order chi connectivity index (χ1) is 21.0.